The molecular weight excluding hydrogens is 208 g/mol. The molecule has 0 saturated heterocycles. The molecule has 0 aliphatic heterocycles. The van der Waals surface area contributed by atoms with Crippen molar-refractivity contribution in [2.24, 2.45) is 0 Å². The fourth-order valence-corrected chi connectivity index (χ4v) is 2.60. The van der Waals surface area contributed by atoms with Gasteiger partial charge in [-0.05, 0) is 35.2 Å². The minimum atomic E-state index is 0.501. The minimum Gasteiger partial charge on any atom is -0.374 e. The van der Waals surface area contributed by atoms with Gasteiger partial charge in [0.1, 0.15) is 0 Å². The van der Waals surface area contributed by atoms with Crippen LogP contribution in [0.4, 0.5) is 0 Å². The minimum absolute atomic E-state index is 0.501. The van der Waals surface area contributed by atoms with Crippen molar-refractivity contribution < 1.29 is 4.74 Å². The van der Waals surface area contributed by atoms with Crippen LogP contribution in [-0.4, -0.2) is 6.10 Å². The Kier molecular flexibility index (Phi) is 3.10. The van der Waals surface area contributed by atoms with Crippen LogP contribution in [0.15, 0.2) is 42.5 Å². The summed E-state index contributed by atoms with van der Waals surface area (Å²) in [6.45, 7) is 0.759. The molecule has 1 saturated carbocycles. The van der Waals surface area contributed by atoms with Gasteiger partial charge in [-0.2, -0.15) is 0 Å². The SMILES string of the molecule is c1ccc2cc(COC3CCCC3)ccc2c1. The number of fused-ring (bicyclic) bond motifs is 1. The molecule has 0 atom stereocenters. The van der Waals surface area contributed by atoms with Crippen molar-refractivity contribution in [1.82, 2.24) is 0 Å². The quantitative estimate of drug-likeness (QED) is 0.758. The van der Waals surface area contributed by atoms with Crippen LogP contribution in [0.2, 0.25) is 0 Å². The Balaban J connectivity index is 1.72. The first-order valence-electron chi connectivity index (χ1n) is 6.51. The molecule has 0 spiro atoms. The predicted molar refractivity (Wildman–Crippen MR) is 71.0 cm³/mol. The van der Waals surface area contributed by atoms with Crippen LogP contribution in [0.1, 0.15) is 31.2 Å². The maximum atomic E-state index is 5.94. The smallest absolute Gasteiger partial charge is 0.0720 e. The molecule has 2 aromatic rings. The molecular formula is C16H18O. The first kappa shape index (κ1) is 10.8. The van der Waals surface area contributed by atoms with E-state index in [1.54, 1.807) is 0 Å². The highest BCUT2D eigenvalue weighted by molar-refractivity contribution is 5.82. The normalized spacial score (nSPS) is 16.7. The van der Waals surface area contributed by atoms with E-state index in [0.29, 0.717) is 6.10 Å². The van der Waals surface area contributed by atoms with E-state index in [9.17, 15) is 0 Å². The lowest BCUT2D eigenvalue weighted by Crippen LogP contribution is -2.06. The van der Waals surface area contributed by atoms with E-state index in [4.69, 9.17) is 4.74 Å². The zero-order valence-corrected chi connectivity index (χ0v) is 10.1. The lowest BCUT2D eigenvalue weighted by Gasteiger charge is -2.11. The van der Waals surface area contributed by atoms with E-state index >= 15 is 0 Å². The Bertz CT molecular complexity index is 498. The number of benzene rings is 2. The van der Waals surface area contributed by atoms with Gasteiger partial charge >= 0.3 is 0 Å². The number of rotatable bonds is 3. The Labute approximate surface area is 102 Å². The van der Waals surface area contributed by atoms with Gasteiger partial charge in [-0.3, -0.25) is 0 Å². The van der Waals surface area contributed by atoms with Gasteiger partial charge in [-0.25, -0.2) is 0 Å². The first-order valence-corrected chi connectivity index (χ1v) is 6.51. The number of hydrogen-bond donors (Lipinski definition) is 0. The summed E-state index contributed by atoms with van der Waals surface area (Å²) in [5.74, 6) is 0. The molecule has 0 N–H and O–H groups in total. The van der Waals surface area contributed by atoms with E-state index < -0.39 is 0 Å². The van der Waals surface area contributed by atoms with Crippen LogP contribution in [0.3, 0.4) is 0 Å². The lowest BCUT2D eigenvalue weighted by molar-refractivity contribution is 0.0457. The van der Waals surface area contributed by atoms with Crippen molar-refractivity contribution in [3.8, 4) is 0 Å². The van der Waals surface area contributed by atoms with E-state index in [1.165, 1.54) is 42.0 Å². The molecule has 1 fully saturated rings. The second kappa shape index (κ2) is 4.89. The molecule has 0 bridgehead atoms. The highest BCUT2D eigenvalue weighted by Crippen LogP contribution is 2.23. The fourth-order valence-electron chi connectivity index (χ4n) is 2.60. The largest absolute Gasteiger partial charge is 0.374 e. The van der Waals surface area contributed by atoms with Crippen LogP contribution in [0.5, 0.6) is 0 Å². The molecule has 1 aliphatic carbocycles. The lowest BCUT2D eigenvalue weighted by atomic mass is 10.1. The average molecular weight is 226 g/mol. The van der Waals surface area contributed by atoms with Crippen LogP contribution < -0.4 is 0 Å². The summed E-state index contributed by atoms with van der Waals surface area (Å²) in [5.41, 5.74) is 1.29. The summed E-state index contributed by atoms with van der Waals surface area (Å²) in [7, 11) is 0. The molecule has 1 aliphatic rings. The number of ether oxygens (including phenoxy) is 1. The molecule has 0 heterocycles. The summed E-state index contributed by atoms with van der Waals surface area (Å²) in [6.07, 6.45) is 5.66. The van der Waals surface area contributed by atoms with Gasteiger partial charge in [-0.15, -0.1) is 0 Å². The van der Waals surface area contributed by atoms with Gasteiger partial charge in [-0.1, -0.05) is 49.2 Å². The van der Waals surface area contributed by atoms with Gasteiger partial charge < -0.3 is 4.74 Å². The maximum Gasteiger partial charge on any atom is 0.0720 e. The maximum absolute atomic E-state index is 5.94. The topological polar surface area (TPSA) is 9.23 Å². The highest BCUT2D eigenvalue weighted by Gasteiger charge is 2.14. The molecule has 1 nitrogen and oxygen atoms in total. The van der Waals surface area contributed by atoms with Crippen molar-refractivity contribution in [2.75, 3.05) is 0 Å². The van der Waals surface area contributed by atoms with Crippen LogP contribution in [-0.2, 0) is 11.3 Å². The summed E-state index contributed by atoms with van der Waals surface area (Å²) < 4.78 is 5.94. The third-order valence-corrected chi connectivity index (χ3v) is 3.60. The van der Waals surface area contributed by atoms with Gasteiger partial charge in [0.05, 0.1) is 12.7 Å². The molecule has 17 heavy (non-hydrogen) atoms. The van der Waals surface area contributed by atoms with Gasteiger partial charge in [0.2, 0.25) is 0 Å². The molecule has 0 unspecified atom stereocenters. The Morgan fingerprint density at radius 2 is 1.71 bits per heavy atom. The zero-order valence-electron chi connectivity index (χ0n) is 10.1. The molecule has 2 aromatic carbocycles. The van der Waals surface area contributed by atoms with Crippen LogP contribution >= 0.6 is 0 Å². The Morgan fingerprint density at radius 1 is 0.941 bits per heavy atom. The third-order valence-electron chi connectivity index (χ3n) is 3.60. The van der Waals surface area contributed by atoms with Crippen molar-refractivity contribution in [2.45, 2.75) is 38.4 Å². The summed E-state index contributed by atoms with van der Waals surface area (Å²) in [4.78, 5) is 0. The molecule has 0 aromatic heterocycles. The molecule has 0 radical (unpaired) electrons. The Hall–Kier alpha value is -1.34. The highest BCUT2D eigenvalue weighted by atomic mass is 16.5. The van der Waals surface area contributed by atoms with E-state index in [2.05, 4.69) is 42.5 Å². The summed E-state index contributed by atoms with van der Waals surface area (Å²) in [6, 6.07) is 15.1. The van der Waals surface area contributed by atoms with Crippen LogP contribution in [0, 0.1) is 0 Å². The second-order valence-corrected chi connectivity index (χ2v) is 4.90. The monoisotopic (exact) mass is 226 g/mol. The fraction of sp³-hybridized carbons (Fsp3) is 0.375. The van der Waals surface area contributed by atoms with Crippen molar-refractivity contribution in [1.29, 1.82) is 0 Å². The van der Waals surface area contributed by atoms with Gasteiger partial charge in [0, 0.05) is 0 Å². The molecule has 1 heteroatoms. The van der Waals surface area contributed by atoms with Crippen LogP contribution in [0.25, 0.3) is 10.8 Å². The van der Waals surface area contributed by atoms with E-state index in [-0.39, 0.29) is 0 Å². The third kappa shape index (κ3) is 2.50. The predicted octanol–water partition coefficient (Wildman–Crippen LogP) is 4.30. The van der Waals surface area contributed by atoms with Gasteiger partial charge in [0.15, 0.2) is 0 Å². The summed E-state index contributed by atoms with van der Waals surface area (Å²) >= 11 is 0. The van der Waals surface area contributed by atoms with Crippen molar-refractivity contribution in [3.63, 3.8) is 0 Å². The van der Waals surface area contributed by atoms with Gasteiger partial charge in [0.25, 0.3) is 0 Å². The Morgan fingerprint density at radius 3 is 2.53 bits per heavy atom. The summed E-state index contributed by atoms with van der Waals surface area (Å²) in [5, 5.41) is 2.61. The second-order valence-electron chi connectivity index (χ2n) is 4.90. The first-order chi connectivity index (χ1) is 8.42. The molecule has 3 rings (SSSR count). The van der Waals surface area contributed by atoms with E-state index in [0.717, 1.165) is 6.61 Å². The number of hydrogen-bond acceptors (Lipinski definition) is 1. The van der Waals surface area contributed by atoms with E-state index in [1.807, 2.05) is 0 Å². The van der Waals surface area contributed by atoms with Crippen molar-refractivity contribution >= 4 is 10.8 Å². The average Bonchev–Trinajstić information content (AvgIpc) is 2.89. The molecule has 88 valence electrons. The zero-order chi connectivity index (χ0) is 11.5. The standard InChI is InChI=1S/C16H18O/c1-2-6-15-11-13(9-10-14(15)5-1)12-17-16-7-3-4-8-16/h1-2,5-6,9-11,16H,3-4,7-8,12H2. The van der Waals surface area contributed by atoms with Crippen molar-refractivity contribution in [3.05, 3.63) is 48.0 Å². The molecule has 0 amide bonds.